The molecule has 0 aliphatic heterocycles. The third-order valence-corrected chi connectivity index (χ3v) is 4.35. The molecule has 0 spiro atoms. The number of alkyl halides is 3. The standard InChI is InChI=1S/C14H27F3N2O2/c1-19-11(8-14(15,16)17)13(21)12(20)10(18)7-9-5-3-2-4-6-9/h9-13,19-21H,2-8,18H2,1H3. The van der Waals surface area contributed by atoms with Crippen molar-refractivity contribution in [3.63, 3.8) is 0 Å². The molecule has 4 unspecified atom stereocenters. The Morgan fingerprint density at radius 2 is 1.71 bits per heavy atom. The van der Waals surface area contributed by atoms with Crippen LogP contribution in [0.25, 0.3) is 0 Å². The Bertz CT molecular complexity index is 296. The fourth-order valence-corrected chi connectivity index (χ4v) is 3.08. The van der Waals surface area contributed by atoms with Gasteiger partial charge in [-0.1, -0.05) is 32.1 Å². The third-order valence-electron chi connectivity index (χ3n) is 4.35. The SMILES string of the molecule is CNC(CC(F)(F)F)C(O)C(O)C(N)CC1CCCCC1. The maximum atomic E-state index is 12.4. The van der Waals surface area contributed by atoms with Gasteiger partial charge in [-0.05, 0) is 19.4 Å². The van der Waals surface area contributed by atoms with Crippen molar-refractivity contribution in [2.45, 2.75) is 75.4 Å². The lowest BCUT2D eigenvalue weighted by Gasteiger charge is -2.32. The van der Waals surface area contributed by atoms with Crippen LogP contribution in [0.15, 0.2) is 0 Å². The number of likely N-dealkylation sites (N-methyl/N-ethyl adjacent to an activating group) is 1. The monoisotopic (exact) mass is 312 g/mol. The molecule has 0 radical (unpaired) electrons. The van der Waals surface area contributed by atoms with Gasteiger partial charge in [0.25, 0.3) is 0 Å². The van der Waals surface area contributed by atoms with E-state index in [1.807, 2.05) is 0 Å². The summed E-state index contributed by atoms with van der Waals surface area (Å²) in [6.07, 6.45) is -2.41. The highest BCUT2D eigenvalue weighted by Gasteiger charge is 2.38. The molecule has 1 fully saturated rings. The van der Waals surface area contributed by atoms with Gasteiger partial charge in [-0.3, -0.25) is 0 Å². The van der Waals surface area contributed by atoms with Gasteiger partial charge in [0, 0.05) is 12.1 Å². The molecular formula is C14H27F3N2O2. The fourth-order valence-electron chi connectivity index (χ4n) is 3.08. The number of hydrogen-bond acceptors (Lipinski definition) is 4. The Hall–Kier alpha value is -0.370. The van der Waals surface area contributed by atoms with E-state index in [-0.39, 0.29) is 0 Å². The zero-order valence-corrected chi connectivity index (χ0v) is 12.4. The van der Waals surface area contributed by atoms with E-state index in [1.54, 1.807) is 0 Å². The zero-order chi connectivity index (χ0) is 16.0. The van der Waals surface area contributed by atoms with Gasteiger partial charge >= 0.3 is 6.18 Å². The first kappa shape index (κ1) is 18.7. The number of hydrogen-bond donors (Lipinski definition) is 4. The van der Waals surface area contributed by atoms with Crippen LogP contribution in [0.2, 0.25) is 0 Å². The van der Waals surface area contributed by atoms with Crippen molar-refractivity contribution in [2.75, 3.05) is 7.05 Å². The van der Waals surface area contributed by atoms with Crippen molar-refractivity contribution in [3.05, 3.63) is 0 Å². The van der Waals surface area contributed by atoms with Crippen LogP contribution >= 0.6 is 0 Å². The Balaban J connectivity index is 2.51. The Labute approximate surface area is 123 Å². The van der Waals surface area contributed by atoms with Crippen LogP contribution in [0.3, 0.4) is 0 Å². The Kier molecular flexibility index (Phi) is 7.39. The van der Waals surface area contributed by atoms with Gasteiger partial charge in [0.1, 0.15) is 0 Å². The van der Waals surface area contributed by atoms with Crippen molar-refractivity contribution < 1.29 is 23.4 Å². The number of aliphatic hydroxyl groups is 2. The average molecular weight is 312 g/mol. The lowest BCUT2D eigenvalue weighted by molar-refractivity contribution is -0.151. The zero-order valence-electron chi connectivity index (χ0n) is 12.4. The minimum atomic E-state index is -4.40. The molecule has 126 valence electrons. The van der Waals surface area contributed by atoms with E-state index in [1.165, 1.54) is 13.5 Å². The summed E-state index contributed by atoms with van der Waals surface area (Å²) >= 11 is 0. The van der Waals surface area contributed by atoms with Crippen molar-refractivity contribution >= 4 is 0 Å². The van der Waals surface area contributed by atoms with E-state index in [9.17, 15) is 23.4 Å². The van der Waals surface area contributed by atoms with E-state index in [0.717, 1.165) is 25.7 Å². The van der Waals surface area contributed by atoms with Crippen LogP contribution < -0.4 is 11.1 Å². The van der Waals surface area contributed by atoms with E-state index in [0.29, 0.717) is 12.3 Å². The molecule has 0 bridgehead atoms. The lowest BCUT2D eigenvalue weighted by atomic mass is 9.82. The summed E-state index contributed by atoms with van der Waals surface area (Å²) in [5, 5.41) is 22.4. The van der Waals surface area contributed by atoms with Crippen molar-refractivity contribution in [3.8, 4) is 0 Å². The topological polar surface area (TPSA) is 78.5 Å². The van der Waals surface area contributed by atoms with Crippen molar-refractivity contribution in [2.24, 2.45) is 11.7 Å². The molecule has 0 aromatic heterocycles. The normalized spacial score (nSPS) is 23.6. The molecule has 0 amide bonds. The van der Waals surface area contributed by atoms with Gasteiger partial charge in [0.2, 0.25) is 0 Å². The van der Waals surface area contributed by atoms with Crippen LogP contribution in [0.1, 0.15) is 44.9 Å². The predicted octanol–water partition coefficient (Wildman–Crippen LogP) is 1.55. The van der Waals surface area contributed by atoms with E-state index >= 15 is 0 Å². The first-order chi connectivity index (χ1) is 9.74. The molecule has 7 heteroatoms. The first-order valence-electron chi connectivity index (χ1n) is 7.60. The number of rotatable bonds is 7. The van der Waals surface area contributed by atoms with E-state index < -0.39 is 36.9 Å². The maximum absolute atomic E-state index is 12.4. The highest BCUT2D eigenvalue weighted by molar-refractivity contribution is 4.89. The van der Waals surface area contributed by atoms with Crippen LogP contribution in [0.4, 0.5) is 13.2 Å². The summed E-state index contributed by atoms with van der Waals surface area (Å²) < 4.78 is 37.3. The minimum Gasteiger partial charge on any atom is -0.389 e. The second-order valence-electron chi connectivity index (χ2n) is 6.10. The third kappa shape index (κ3) is 6.50. The maximum Gasteiger partial charge on any atom is 0.390 e. The predicted molar refractivity (Wildman–Crippen MR) is 74.7 cm³/mol. The molecule has 0 aromatic rings. The molecule has 0 aromatic carbocycles. The highest BCUT2D eigenvalue weighted by atomic mass is 19.4. The first-order valence-corrected chi connectivity index (χ1v) is 7.60. The van der Waals surface area contributed by atoms with Gasteiger partial charge in [0.05, 0.1) is 18.6 Å². The smallest absolute Gasteiger partial charge is 0.389 e. The molecule has 5 N–H and O–H groups in total. The van der Waals surface area contributed by atoms with Gasteiger partial charge in [-0.2, -0.15) is 13.2 Å². The molecule has 1 saturated carbocycles. The van der Waals surface area contributed by atoms with Crippen molar-refractivity contribution in [1.29, 1.82) is 0 Å². The second-order valence-corrected chi connectivity index (χ2v) is 6.10. The van der Waals surface area contributed by atoms with E-state index in [4.69, 9.17) is 5.73 Å². The largest absolute Gasteiger partial charge is 0.390 e. The second kappa shape index (κ2) is 8.31. The minimum absolute atomic E-state index is 0.395. The summed E-state index contributed by atoms with van der Waals surface area (Å²) in [6, 6.07) is -1.95. The molecule has 4 atom stereocenters. The highest BCUT2D eigenvalue weighted by Crippen LogP contribution is 2.29. The van der Waals surface area contributed by atoms with Gasteiger partial charge in [0.15, 0.2) is 0 Å². The molecule has 21 heavy (non-hydrogen) atoms. The number of halogens is 3. The Morgan fingerprint density at radius 1 is 1.14 bits per heavy atom. The summed E-state index contributed by atoms with van der Waals surface area (Å²) in [6.45, 7) is 0. The molecule has 1 aliphatic carbocycles. The molecule has 4 nitrogen and oxygen atoms in total. The Morgan fingerprint density at radius 3 is 2.19 bits per heavy atom. The number of nitrogens with one attached hydrogen (secondary N) is 1. The number of nitrogens with two attached hydrogens (primary N) is 1. The summed E-state index contributed by atoms with van der Waals surface area (Å²) in [7, 11) is 1.33. The summed E-state index contributed by atoms with van der Waals surface area (Å²) in [5.74, 6) is 0.395. The average Bonchev–Trinajstić information content (AvgIpc) is 2.43. The molecule has 0 heterocycles. The fraction of sp³-hybridized carbons (Fsp3) is 1.00. The quantitative estimate of drug-likeness (QED) is 0.575. The van der Waals surface area contributed by atoms with Crippen LogP contribution in [-0.2, 0) is 0 Å². The van der Waals surface area contributed by atoms with Gasteiger partial charge in [-0.25, -0.2) is 0 Å². The number of aliphatic hydroxyl groups excluding tert-OH is 2. The summed E-state index contributed by atoms with van der Waals surface area (Å²) in [4.78, 5) is 0. The molecule has 1 aliphatic rings. The van der Waals surface area contributed by atoms with Crippen LogP contribution in [0, 0.1) is 5.92 Å². The van der Waals surface area contributed by atoms with Crippen molar-refractivity contribution in [1.82, 2.24) is 5.32 Å². The van der Waals surface area contributed by atoms with E-state index in [2.05, 4.69) is 5.32 Å². The molecular weight excluding hydrogens is 285 g/mol. The van der Waals surface area contributed by atoms with Crippen LogP contribution in [0.5, 0.6) is 0 Å². The molecule has 1 rings (SSSR count). The lowest BCUT2D eigenvalue weighted by Crippen LogP contribution is -2.53. The summed E-state index contributed by atoms with van der Waals surface area (Å²) in [5.41, 5.74) is 5.89. The van der Waals surface area contributed by atoms with Gasteiger partial charge in [-0.15, -0.1) is 0 Å². The van der Waals surface area contributed by atoms with Crippen LogP contribution in [-0.4, -0.2) is 47.7 Å². The molecule has 0 saturated heterocycles. The van der Waals surface area contributed by atoms with Gasteiger partial charge < -0.3 is 21.3 Å².